The molecule has 5 aromatic rings. The van der Waals surface area contributed by atoms with E-state index in [1.54, 1.807) is 58.0 Å². The second-order valence-electron chi connectivity index (χ2n) is 10.0. The van der Waals surface area contributed by atoms with E-state index >= 15 is 0 Å². The summed E-state index contributed by atoms with van der Waals surface area (Å²) in [5.41, 5.74) is 2.83. The zero-order valence-electron chi connectivity index (χ0n) is 32.0. The maximum absolute atomic E-state index is 13.5. The van der Waals surface area contributed by atoms with Gasteiger partial charge in [-0.3, -0.25) is 14.6 Å². The SMILES string of the molecule is [2H]C1([2H])OC([2H])([2H])C([2H])([2H])N(c2cc(OC)c(Nc3ncc(C)c(Nc4ccc5nccnc5c4P(C)(C)=O)n3)cc2-c2cnn(C)c2)C1([2H])[2H]. The highest BCUT2D eigenvalue weighted by Crippen LogP contribution is 2.42. The van der Waals surface area contributed by atoms with Crippen LogP contribution in [0.2, 0.25) is 0 Å². The van der Waals surface area contributed by atoms with Crippen molar-refractivity contribution in [3.05, 3.63) is 60.8 Å². The van der Waals surface area contributed by atoms with E-state index in [-0.39, 0.29) is 28.6 Å². The molecular formula is C30H34N9O3P. The molecule has 0 radical (unpaired) electrons. The number of aryl methyl sites for hydroxylation is 2. The number of anilines is 5. The van der Waals surface area contributed by atoms with Gasteiger partial charge in [0, 0.05) is 73.3 Å². The highest BCUT2D eigenvalue weighted by molar-refractivity contribution is 7.71. The minimum absolute atomic E-state index is 0.0452. The Balaban J connectivity index is 1.47. The molecule has 1 fully saturated rings. The summed E-state index contributed by atoms with van der Waals surface area (Å²) in [7, 11) is 0.102. The Hall–Kier alpha value is -4.54. The molecule has 0 bridgehead atoms. The summed E-state index contributed by atoms with van der Waals surface area (Å²) in [6, 6.07) is 6.30. The van der Waals surface area contributed by atoms with E-state index in [2.05, 4.69) is 35.7 Å². The Morgan fingerprint density at radius 2 is 1.84 bits per heavy atom. The second-order valence-corrected chi connectivity index (χ2v) is 13.2. The number of hydrogen-bond donors (Lipinski definition) is 2. The first-order chi connectivity index (χ1) is 23.7. The predicted octanol–water partition coefficient (Wildman–Crippen LogP) is 4.71. The fourth-order valence-corrected chi connectivity index (χ4v) is 6.06. The van der Waals surface area contributed by atoms with Crippen LogP contribution in [0.5, 0.6) is 5.75 Å². The molecule has 222 valence electrons. The van der Waals surface area contributed by atoms with Crippen molar-refractivity contribution in [3.63, 3.8) is 0 Å². The van der Waals surface area contributed by atoms with Crippen molar-refractivity contribution in [1.29, 1.82) is 0 Å². The van der Waals surface area contributed by atoms with Crippen LogP contribution in [-0.2, 0) is 16.3 Å². The van der Waals surface area contributed by atoms with Crippen LogP contribution in [0.15, 0.2) is 55.2 Å². The average Bonchev–Trinajstić information content (AvgIpc) is 3.46. The quantitative estimate of drug-likeness (QED) is 0.238. The Labute approximate surface area is 261 Å². The van der Waals surface area contributed by atoms with Crippen LogP contribution < -0.4 is 25.6 Å². The van der Waals surface area contributed by atoms with Crippen LogP contribution in [0, 0.1) is 6.92 Å². The van der Waals surface area contributed by atoms with E-state index in [4.69, 9.17) is 20.4 Å². The molecule has 3 aromatic heterocycles. The van der Waals surface area contributed by atoms with Gasteiger partial charge in [0.2, 0.25) is 5.95 Å². The van der Waals surface area contributed by atoms with Crippen molar-refractivity contribution in [2.24, 2.45) is 7.05 Å². The van der Waals surface area contributed by atoms with Gasteiger partial charge in [-0.25, -0.2) is 4.98 Å². The topological polar surface area (TPSA) is 132 Å². The number of aromatic nitrogens is 6. The molecule has 0 unspecified atom stereocenters. The summed E-state index contributed by atoms with van der Waals surface area (Å²) >= 11 is 0. The van der Waals surface area contributed by atoms with Gasteiger partial charge in [0.15, 0.2) is 0 Å². The lowest BCUT2D eigenvalue weighted by atomic mass is 10.0. The van der Waals surface area contributed by atoms with Gasteiger partial charge in [-0.15, -0.1) is 0 Å². The summed E-state index contributed by atoms with van der Waals surface area (Å²) < 4.78 is 92.9. The Kier molecular flexibility index (Phi) is 5.51. The zero-order valence-corrected chi connectivity index (χ0v) is 24.9. The van der Waals surface area contributed by atoms with Gasteiger partial charge in [0.05, 0.1) is 59.6 Å². The number of rotatable bonds is 8. The van der Waals surface area contributed by atoms with Crippen LogP contribution in [0.1, 0.15) is 16.5 Å². The first-order valence-corrected chi connectivity index (χ1v) is 15.7. The monoisotopic (exact) mass is 607 g/mol. The number of benzene rings is 2. The molecule has 1 aliphatic heterocycles. The summed E-state index contributed by atoms with van der Waals surface area (Å²) in [6.07, 6.45) is 7.70. The highest BCUT2D eigenvalue weighted by atomic mass is 31.2. The fourth-order valence-electron chi connectivity index (χ4n) is 4.67. The number of hydrogen-bond acceptors (Lipinski definition) is 11. The van der Waals surface area contributed by atoms with E-state index in [1.807, 2.05) is 0 Å². The summed E-state index contributed by atoms with van der Waals surface area (Å²) in [6.45, 7) is -7.90. The van der Waals surface area contributed by atoms with Crippen LogP contribution >= 0.6 is 7.14 Å². The maximum atomic E-state index is 13.5. The lowest BCUT2D eigenvalue weighted by molar-refractivity contribution is 0.122. The van der Waals surface area contributed by atoms with E-state index in [1.165, 1.54) is 36.3 Å². The van der Waals surface area contributed by atoms with Crippen LogP contribution in [0.4, 0.5) is 28.8 Å². The number of morpholine rings is 1. The number of fused-ring (bicyclic) bond motifs is 1. The first-order valence-electron chi connectivity index (χ1n) is 17.1. The molecule has 1 saturated heterocycles. The fraction of sp³-hybridized carbons (Fsp3) is 0.300. The standard InChI is InChI=1S/C30H34N9O3P/c1-19-16-33-30(37-29(19)35-23-7-6-22-27(32-9-8-31-22)28(23)43(4,5)40)36-24-14-21(20-17-34-38(2)18-20)25(15-26(24)41-3)39-10-12-42-13-11-39/h6-9,14-18H,10-13H2,1-5H3,(H2,33,35,36,37)/i10D2,11D2,12D2,13D2. The van der Waals surface area contributed by atoms with Crippen LogP contribution in [-0.4, -0.2) is 76.3 Å². The number of nitrogens with one attached hydrogen (secondary N) is 2. The molecule has 13 heteroatoms. The van der Waals surface area contributed by atoms with Gasteiger partial charge >= 0.3 is 0 Å². The first kappa shape index (κ1) is 20.4. The van der Waals surface area contributed by atoms with Crippen molar-refractivity contribution in [1.82, 2.24) is 29.7 Å². The lowest BCUT2D eigenvalue weighted by Gasteiger charge is -2.31. The summed E-state index contributed by atoms with van der Waals surface area (Å²) in [5.74, 6) is 0.519. The molecule has 12 nitrogen and oxygen atoms in total. The van der Waals surface area contributed by atoms with Crippen molar-refractivity contribution in [3.8, 4) is 16.9 Å². The van der Waals surface area contributed by atoms with Crippen LogP contribution in [0.3, 0.4) is 0 Å². The molecule has 1 aliphatic rings. The normalized spacial score (nSPS) is 21.2. The molecule has 0 atom stereocenters. The zero-order chi connectivity index (χ0) is 37.3. The van der Waals surface area contributed by atoms with E-state index < -0.39 is 33.3 Å². The van der Waals surface area contributed by atoms with Crippen molar-refractivity contribution in [2.45, 2.75) is 6.92 Å². The minimum Gasteiger partial charge on any atom is -0.494 e. The highest BCUT2D eigenvalue weighted by Gasteiger charge is 2.23. The summed E-state index contributed by atoms with van der Waals surface area (Å²) in [5, 5.41) is 11.1. The smallest absolute Gasteiger partial charge is 0.229 e. The maximum Gasteiger partial charge on any atom is 0.229 e. The average molecular weight is 608 g/mol. The minimum atomic E-state index is -3.28. The Morgan fingerprint density at radius 1 is 1.05 bits per heavy atom. The molecule has 0 amide bonds. The molecule has 0 saturated carbocycles. The van der Waals surface area contributed by atoms with Gasteiger partial charge in [-0.2, -0.15) is 10.1 Å². The Morgan fingerprint density at radius 3 is 2.56 bits per heavy atom. The summed E-state index contributed by atoms with van der Waals surface area (Å²) in [4.78, 5) is 18.3. The molecule has 6 rings (SSSR count). The lowest BCUT2D eigenvalue weighted by Crippen LogP contribution is -2.36. The molecule has 43 heavy (non-hydrogen) atoms. The third-order valence-corrected chi connectivity index (χ3v) is 8.14. The predicted molar refractivity (Wildman–Crippen MR) is 170 cm³/mol. The second kappa shape index (κ2) is 11.6. The number of ether oxygens (including phenoxy) is 2. The van der Waals surface area contributed by atoms with Crippen molar-refractivity contribution >= 4 is 52.3 Å². The van der Waals surface area contributed by atoms with Gasteiger partial charge in [-0.1, -0.05) is 0 Å². The third kappa shape index (κ3) is 5.89. The molecule has 0 spiro atoms. The Bertz CT molecular complexity index is 2190. The largest absolute Gasteiger partial charge is 0.494 e. The molecule has 0 aliphatic carbocycles. The van der Waals surface area contributed by atoms with Crippen molar-refractivity contribution < 1.29 is 25.0 Å². The number of nitrogens with zero attached hydrogens (tertiary/aromatic N) is 7. The van der Waals surface area contributed by atoms with Gasteiger partial charge in [0.1, 0.15) is 24.2 Å². The van der Waals surface area contributed by atoms with Gasteiger partial charge < -0.3 is 29.6 Å². The molecule has 4 heterocycles. The number of methoxy groups -OCH3 is 1. The van der Waals surface area contributed by atoms with Gasteiger partial charge in [0.25, 0.3) is 0 Å². The van der Waals surface area contributed by atoms with Crippen LogP contribution in [0.25, 0.3) is 22.2 Å². The van der Waals surface area contributed by atoms with E-state index in [0.29, 0.717) is 43.9 Å². The third-order valence-electron chi connectivity index (χ3n) is 6.62. The molecule has 2 aromatic carbocycles. The van der Waals surface area contributed by atoms with E-state index in [0.717, 1.165) is 0 Å². The van der Waals surface area contributed by atoms with Crippen molar-refractivity contribution in [2.75, 3.05) is 62.1 Å². The molecular weight excluding hydrogens is 565 g/mol. The van der Waals surface area contributed by atoms with Gasteiger partial charge in [-0.05, 0) is 38.5 Å². The van der Waals surface area contributed by atoms with E-state index in [9.17, 15) is 4.57 Å². The molecule has 2 N–H and O–H groups in total.